The fourth-order valence-corrected chi connectivity index (χ4v) is 5.31. The zero-order valence-electron chi connectivity index (χ0n) is 19.1. The highest BCUT2D eigenvalue weighted by Crippen LogP contribution is 2.56. The monoisotopic (exact) mass is 386 g/mol. The van der Waals surface area contributed by atoms with Crippen LogP contribution in [0.5, 0.6) is 0 Å². The molecular weight excluding hydrogens is 354 g/mol. The number of unbranched alkanes of at least 4 members (excludes halogenated alkanes) is 1. The van der Waals surface area contributed by atoms with E-state index in [2.05, 4.69) is 19.8 Å². The molecule has 5 rings (SSSR count). The standard InChI is InChI=1S/C21H29N5O2/c27-19-17-15-4-5-16(14-15)18(17)20(28)26(19)9-2-1-8-24-10-12-25(13-11-24)21-22-6-3-7-23-21/h3,6-7,15-18H,1-2,4-5,8-14H2/t15-,16+,17-,18+/i3D,17D,18D. The topological polar surface area (TPSA) is 69.6 Å². The predicted octanol–water partition coefficient (Wildman–Crippen LogP) is 1.41. The number of aromatic nitrogens is 2. The Kier molecular flexibility index (Phi) is 3.95. The smallest absolute Gasteiger partial charge is 0.233 e. The van der Waals surface area contributed by atoms with E-state index in [1.807, 2.05) is 0 Å². The van der Waals surface area contributed by atoms with Crippen LogP contribution in [0, 0.1) is 23.6 Å². The van der Waals surface area contributed by atoms with Crippen LogP contribution in [-0.2, 0) is 9.59 Å². The zero-order valence-corrected chi connectivity index (χ0v) is 16.1. The lowest BCUT2D eigenvalue weighted by Crippen LogP contribution is -2.47. The highest BCUT2D eigenvalue weighted by atomic mass is 16.2. The number of piperazine rings is 1. The molecular formula is C21H29N5O2. The molecule has 2 amide bonds. The minimum atomic E-state index is -1.55. The Hall–Kier alpha value is -2.02. The van der Waals surface area contributed by atoms with Crippen LogP contribution in [0.15, 0.2) is 18.4 Å². The van der Waals surface area contributed by atoms with Crippen molar-refractivity contribution < 1.29 is 13.7 Å². The van der Waals surface area contributed by atoms with Gasteiger partial charge in [-0.15, -0.1) is 0 Å². The molecule has 2 aliphatic carbocycles. The number of hydrogen-bond donors (Lipinski definition) is 0. The Morgan fingerprint density at radius 3 is 2.21 bits per heavy atom. The number of hydrogen-bond acceptors (Lipinski definition) is 6. The lowest BCUT2D eigenvalue weighted by atomic mass is 9.81. The largest absolute Gasteiger partial charge is 0.338 e. The van der Waals surface area contributed by atoms with Crippen molar-refractivity contribution in [2.75, 3.05) is 44.2 Å². The second kappa shape index (κ2) is 7.43. The average Bonchev–Trinajstić information content (AvgIpc) is 3.39. The van der Waals surface area contributed by atoms with Gasteiger partial charge in [-0.25, -0.2) is 9.97 Å². The summed E-state index contributed by atoms with van der Waals surface area (Å²) in [6.07, 6.45) is 6.87. The highest BCUT2D eigenvalue weighted by Gasteiger charge is 2.60. The Labute approximate surface area is 170 Å². The fourth-order valence-electron chi connectivity index (χ4n) is 5.31. The molecule has 1 aromatic heterocycles. The molecule has 2 saturated carbocycles. The summed E-state index contributed by atoms with van der Waals surface area (Å²) in [7, 11) is 0. The molecule has 0 N–H and O–H groups in total. The molecule has 0 radical (unpaired) electrons. The van der Waals surface area contributed by atoms with E-state index in [9.17, 15) is 9.59 Å². The number of likely N-dealkylation sites (tertiary alicyclic amines) is 1. The highest BCUT2D eigenvalue weighted by molar-refractivity contribution is 6.06. The molecule has 7 nitrogen and oxygen atoms in total. The molecule has 0 unspecified atom stereocenters. The maximum Gasteiger partial charge on any atom is 0.233 e. The molecule has 0 aromatic carbocycles. The molecule has 4 aliphatic rings. The van der Waals surface area contributed by atoms with Crippen molar-refractivity contribution in [3.8, 4) is 0 Å². The molecule has 2 aliphatic heterocycles. The molecule has 1 aromatic rings. The van der Waals surface area contributed by atoms with Gasteiger partial charge < -0.3 is 4.90 Å². The summed E-state index contributed by atoms with van der Waals surface area (Å²) in [6.45, 7) is 4.65. The molecule has 28 heavy (non-hydrogen) atoms. The number of amides is 2. The Morgan fingerprint density at radius 2 is 1.57 bits per heavy atom. The van der Waals surface area contributed by atoms with Crippen LogP contribution in [0.25, 0.3) is 0 Å². The number of nitrogens with zero attached hydrogens (tertiary/aromatic N) is 5. The van der Waals surface area contributed by atoms with Gasteiger partial charge in [-0.2, -0.15) is 0 Å². The summed E-state index contributed by atoms with van der Waals surface area (Å²) in [4.78, 5) is 40.1. The van der Waals surface area contributed by atoms with Gasteiger partial charge in [0.05, 0.1) is 13.2 Å². The third-order valence-corrected chi connectivity index (χ3v) is 6.76. The second-order valence-electron chi connectivity index (χ2n) is 8.32. The van der Waals surface area contributed by atoms with Crippen LogP contribution in [0.4, 0.5) is 5.95 Å². The van der Waals surface area contributed by atoms with Gasteiger partial charge in [0.25, 0.3) is 0 Å². The number of fused-ring (bicyclic) bond motifs is 5. The summed E-state index contributed by atoms with van der Waals surface area (Å²) in [5.74, 6) is -3.55. The fraction of sp³-hybridized carbons (Fsp3) is 0.714. The van der Waals surface area contributed by atoms with Crippen LogP contribution in [0.3, 0.4) is 0 Å². The average molecular weight is 387 g/mol. The Morgan fingerprint density at radius 1 is 0.964 bits per heavy atom. The van der Waals surface area contributed by atoms with Gasteiger partial charge in [-0.05, 0) is 56.5 Å². The molecule has 2 saturated heterocycles. The van der Waals surface area contributed by atoms with E-state index in [4.69, 9.17) is 4.11 Å². The van der Waals surface area contributed by atoms with Crippen molar-refractivity contribution in [1.82, 2.24) is 19.8 Å². The first-order chi connectivity index (χ1) is 14.9. The quantitative estimate of drug-likeness (QED) is 0.544. The number of imide groups is 1. The minimum Gasteiger partial charge on any atom is -0.338 e. The van der Waals surface area contributed by atoms with Gasteiger partial charge in [0.15, 0.2) is 0 Å². The van der Waals surface area contributed by atoms with E-state index in [1.54, 1.807) is 0 Å². The number of anilines is 1. The van der Waals surface area contributed by atoms with Crippen molar-refractivity contribution in [3.63, 3.8) is 0 Å². The molecule has 7 heteroatoms. The summed E-state index contributed by atoms with van der Waals surface area (Å²) in [6, 6.07) is 0.307. The molecule has 2 bridgehead atoms. The van der Waals surface area contributed by atoms with Gasteiger partial charge in [0.2, 0.25) is 17.8 Å². The normalized spacial score (nSPS) is 39.2. The van der Waals surface area contributed by atoms with Crippen LogP contribution >= 0.6 is 0 Å². The third-order valence-electron chi connectivity index (χ3n) is 6.76. The van der Waals surface area contributed by atoms with E-state index < -0.39 is 23.6 Å². The summed E-state index contributed by atoms with van der Waals surface area (Å²) in [5, 5.41) is 0. The minimum absolute atomic E-state index is 0.131. The Bertz CT molecular complexity index is 844. The van der Waals surface area contributed by atoms with Gasteiger partial charge in [0.1, 0.15) is 0 Å². The van der Waals surface area contributed by atoms with E-state index in [1.165, 1.54) is 17.3 Å². The number of carbonyl (C=O) groups excluding carboxylic acids is 2. The summed E-state index contributed by atoms with van der Waals surface area (Å²) in [5.41, 5.74) is 0. The predicted molar refractivity (Wildman–Crippen MR) is 104 cm³/mol. The first kappa shape index (κ1) is 14.9. The van der Waals surface area contributed by atoms with E-state index >= 15 is 0 Å². The SMILES string of the molecule is [2H]c1cnc(N2CCN(CCCCN3C(=O)[C@@]4([2H])[C@H]5CC[C@H](C5)[C@@]4([2H])C3=O)CC2)nc1. The maximum atomic E-state index is 13.0. The van der Waals surface area contributed by atoms with Crippen LogP contribution < -0.4 is 4.90 Å². The van der Waals surface area contributed by atoms with Crippen LogP contribution in [0.1, 0.15) is 36.2 Å². The molecule has 0 spiro atoms. The Balaban J connectivity index is 1.09. The zero-order chi connectivity index (χ0) is 21.8. The number of rotatable bonds is 6. The molecule has 150 valence electrons. The van der Waals surface area contributed by atoms with Crippen molar-refractivity contribution in [1.29, 1.82) is 0 Å². The molecule has 4 atom stereocenters. The van der Waals surface area contributed by atoms with Gasteiger partial charge in [0, 0.05) is 47.9 Å². The second-order valence-corrected chi connectivity index (χ2v) is 8.32. The molecule has 4 fully saturated rings. The maximum absolute atomic E-state index is 13.0. The number of carbonyl (C=O) groups is 2. The third kappa shape index (κ3) is 3.09. The summed E-state index contributed by atoms with van der Waals surface area (Å²) >= 11 is 0. The van der Waals surface area contributed by atoms with Gasteiger partial charge in [-0.1, -0.05) is 0 Å². The van der Waals surface area contributed by atoms with E-state index in [-0.39, 0.29) is 11.8 Å². The van der Waals surface area contributed by atoms with Crippen LogP contribution in [-0.4, -0.2) is 70.9 Å². The lowest BCUT2D eigenvalue weighted by molar-refractivity contribution is -0.140. The van der Waals surface area contributed by atoms with Crippen molar-refractivity contribution >= 4 is 17.8 Å². The lowest BCUT2D eigenvalue weighted by Gasteiger charge is -2.34. The summed E-state index contributed by atoms with van der Waals surface area (Å²) < 4.78 is 25.0. The van der Waals surface area contributed by atoms with Gasteiger partial charge in [-0.3, -0.25) is 19.4 Å². The first-order valence-corrected chi connectivity index (χ1v) is 10.5. The molecule has 3 heterocycles. The van der Waals surface area contributed by atoms with Crippen LogP contribution in [0.2, 0.25) is 0 Å². The van der Waals surface area contributed by atoms with E-state index in [0.29, 0.717) is 31.4 Å². The van der Waals surface area contributed by atoms with Gasteiger partial charge >= 0.3 is 0 Å². The first-order valence-electron chi connectivity index (χ1n) is 12.0. The van der Waals surface area contributed by atoms with Crippen molar-refractivity contribution in [2.24, 2.45) is 23.6 Å². The van der Waals surface area contributed by atoms with Crippen molar-refractivity contribution in [3.05, 3.63) is 18.4 Å². The van der Waals surface area contributed by atoms with Crippen molar-refractivity contribution in [2.45, 2.75) is 32.1 Å². The van der Waals surface area contributed by atoms with E-state index in [0.717, 1.165) is 52.0 Å².